The van der Waals surface area contributed by atoms with Crippen molar-refractivity contribution >= 4 is 0 Å². The molecule has 0 spiro atoms. The summed E-state index contributed by atoms with van der Waals surface area (Å²) < 4.78 is 23.7. The van der Waals surface area contributed by atoms with Crippen molar-refractivity contribution < 1.29 is 23.7 Å². The van der Waals surface area contributed by atoms with Crippen LogP contribution in [0.1, 0.15) is 0 Å². The van der Waals surface area contributed by atoms with E-state index in [-0.39, 0.29) is 0 Å². The van der Waals surface area contributed by atoms with Crippen LogP contribution in [0, 0.1) is 0 Å². The predicted octanol–water partition coefficient (Wildman–Crippen LogP) is 0.242. The van der Waals surface area contributed by atoms with Crippen molar-refractivity contribution in [3.05, 3.63) is 0 Å². The summed E-state index contributed by atoms with van der Waals surface area (Å²) in [6.07, 6.45) is 0. The summed E-state index contributed by atoms with van der Waals surface area (Å²) in [5.41, 5.74) is 0. The van der Waals surface area contributed by atoms with Crippen molar-refractivity contribution in [1.29, 1.82) is 0 Å². The van der Waals surface area contributed by atoms with E-state index < -0.39 is 6.48 Å². The van der Waals surface area contributed by atoms with Gasteiger partial charge in [0.15, 0.2) is 0 Å². The normalized spacial score (nSPS) is 16.6. The lowest BCUT2D eigenvalue weighted by Gasteiger charge is -2.09. The number of methoxy groups -OCH3 is 3. The smallest absolute Gasteiger partial charge is 0.270 e. The van der Waals surface area contributed by atoms with E-state index in [0.717, 1.165) is 26.4 Å². The van der Waals surface area contributed by atoms with Crippen LogP contribution in [0.3, 0.4) is 0 Å². The number of ether oxygens (including phenoxy) is 5. The van der Waals surface area contributed by atoms with E-state index in [1.54, 1.807) is 0 Å². The molecule has 0 aromatic rings. The fraction of sp³-hybridized carbons (Fsp3) is 1.00. The quantitative estimate of drug-likeness (QED) is 0.602. The molecule has 1 heterocycles. The number of hydrogen-bond acceptors (Lipinski definition) is 5. The van der Waals surface area contributed by atoms with Crippen LogP contribution in [-0.2, 0) is 23.7 Å². The van der Waals surface area contributed by atoms with Gasteiger partial charge in [0.25, 0.3) is 6.48 Å². The first-order chi connectivity index (χ1) is 6.35. The van der Waals surface area contributed by atoms with Crippen LogP contribution in [0.4, 0.5) is 0 Å². The molecule has 1 rings (SSSR count). The lowest BCUT2D eigenvalue weighted by Crippen LogP contribution is -2.16. The highest BCUT2D eigenvalue weighted by Gasteiger charge is 1.97. The van der Waals surface area contributed by atoms with Crippen molar-refractivity contribution in [2.24, 2.45) is 0 Å². The van der Waals surface area contributed by atoms with Gasteiger partial charge in [0.05, 0.1) is 26.4 Å². The highest BCUT2D eigenvalue weighted by atomic mass is 16.8. The van der Waals surface area contributed by atoms with E-state index in [0.29, 0.717) is 0 Å². The number of rotatable bonds is 3. The second kappa shape index (κ2) is 9.88. The summed E-state index contributed by atoms with van der Waals surface area (Å²) >= 11 is 0. The van der Waals surface area contributed by atoms with Crippen molar-refractivity contribution in [3.8, 4) is 0 Å². The highest BCUT2D eigenvalue weighted by molar-refractivity contribution is 4.37. The first-order valence-corrected chi connectivity index (χ1v) is 4.09. The molecular weight excluding hydrogens is 176 g/mol. The second-order valence-corrected chi connectivity index (χ2v) is 2.22. The molecular formula is C8H18O5. The molecule has 1 aliphatic heterocycles. The minimum Gasteiger partial charge on any atom is -0.377 e. The molecule has 0 amide bonds. The molecule has 1 saturated heterocycles. The molecule has 80 valence electrons. The molecule has 0 bridgehead atoms. The zero-order valence-electron chi connectivity index (χ0n) is 8.45. The molecule has 0 atom stereocenters. The second-order valence-electron chi connectivity index (χ2n) is 2.22. The maximum Gasteiger partial charge on any atom is 0.270 e. The SMILES string of the molecule is C1COCCO1.COC(OC)OC. The molecule has 0 aromatic carbocycles. The van der Waals surface area contributed by atoms with Gasteiger partial charge in [0.2, 0.25) is 0 Å². The fourth-order valence-corrected chi connectivity index (χ4v) is 0.729. The maximum atomic E-state index is 4.94. The molecule has 0 unspecified atom stereocenters. The van der Waals surface area contributed by atoms with E-state index in [1.807, 2.05) is 0 Å². The highest BCUT2D eigenvalue weighted by Crippen LogP contribution is 1.87. The van der Waals surface area contributed by atoms with Crippen LogP contribution < -0.4 is 0 Å². The molecule has 5 heteroatoms. The molecule has 0 aromatic heterocycles. The molecule has 0 aliphatic carbocycles. The van der Waals surface area contributed by atoms with Gasteiger partial charge in [-0.2, -0.15) is 0 Å². The third kappa shape index (κ3) is 8.14. The Morgan fingerprint density at radius 3 is 1.15 bits per heavy atom. The first kappa shape index (κ1) is 12.8. The molecule has 13 heavy (non-hydrogen) atoms. The van der Waals surface area contributed by atoms with Crippen LogP contribution in [0.25, 0.3) is 0 Å². The zero-order chi connectivity index (χ0) is 9.94. The summed E-state index contributed by atoms with van der Waals surface area (Å²) in [6, 6.07) is 0. The van der Waals surface area contributed by atoms with Crippen molar-refractivity contribution in [2.75, 3.05) is 47.8 Å². The lowest BCUT2D eigenvalue weighted by molar-refractivity contribution is -0.252. The van der Waals surface area contributed by atoms with Crippen LogP contribution in [0.5, 0.6) is 0 Å². The monoisotopic (exact) mass is 194 g/mol. The van der Waals surface area contributed by atoms with Crippen LogP contribution >= 0.6 is 0 Å². The summed E-state index contributed by atoms with van der Waals surface area (Å²) in [6.45, 7) is 2.60. The molecule has 5 nitrogen and oxygen atoms in total. The summed E-state index contributed by atoms with van der Waals surface area (Å²) in [5.74, 6) is 0. The standard InChI is InChI=1S/C4H10O3.C4H8O2/c1-5-4(6-2)7-3;1-2-6-4-3-5-1/h4H,1-3H3;1-4H2. The summed E-state index contributed by atoms with van der Waals surface area (Å²) in [4.78, 5) is 0. The molecule has 1 fully saturated rings. The van der Waals surface area contributed by atoms with Gasteiger partial charge in [-0.3, -0.25) is 0 Å². The molecule has 1 aliphatic rings. The third-order valence-corrected chi connectivity index (χ3v) is 1.32. The minimum absolute atomic E-state index is 0.514. The molecule has 0 N–H and O–H groups in total. The van der Waals surface area contributed by atoms with Gasteiger partial charge in [0.1, 0.15) is 0 Å². The first-order valence-electron chi connectivity index (χ1n) is 4.09. The predicted molar refractivity (Wildman–Crippen MR) is 46.5 cm³/mol. The largest absolute Gasteiger partial charge is 0.377 e. The van der Waals surface area contributed by atoms with Gasteiger partial charge in [-0.15, -0.1) is 0 Å². The Hall–Kier alpha value is -0.200. The van der Waals surface area contributed by atoms with Crippen LogP contribution in [0.2, 0.25) is 0 Å². The fourth-order valence-electron chi connectivity index (χ4n) is 0.729. The Kier molecular flexibility index (Phi) is 9.73. The van der Waals surface area contributed by atoms with Crippen molar-refractivity contribution in [2.45, 2.75) is 6.48 Å². The van der Waals surface area contributed by atoms with Crippen molar-refractivity contribution in [1.82, 2.24) is 0 Å². The van der Waals surface area contributed by atoms with E-state index in [4.69, 9.17) is 9.47 Å². The maximum absolute atomic E-state index is 4.94. The average molecular weight is 194 g/mol. The van der Waals surface area contributed by atoms with Gasteiger partial charge in [-0.25, -0.2) is 0 Å². The van der Waals surface area contributed by atoms with Gasteiger partial charge >= 0.3 is 0 Å². The van der Waals surface area contributed by atoms with E-state index in [9.17, 15) is 0 Å². The molecule has 0 radical (unpaired) electrons. The number of hydrogen-bond donors (Lipinski definition) is 0. The zero-order valence-corrected chi connectivity index (χ0v) is 8.45. The van der Waals surface area contributed by atoms with Crippen molar-refractivity contribution in [3.63, 3.8) is 0 Å². The third-order valence-electron chi connectivity index (χ3n) is 1.32. The van der Waals surface area contributed by atoms with Gasteiger partial charge in [-0.1, -0.05) is 0 Å². The summed E-state index contributed by atoms with van der Waals surface area (Å²) in [7, 11) is 4.53. The van der Waals surface area contributed by atoms with Gasteiger partial charge in [-0.05, 0) is 0 Å². The van der Waals surface area contributed by atoms with Crippen LogP contribution in [-0.4, -0.2) is 54.2 Å². The van der Waals surface area contributed by atoms with E-state index >= 15 is 0 Å². The van der Waals surface area contributed by atoms with Crippen LogP contribution in [0.15, 0.2) is 0 Å². The average Bonchev–Trinajstić information content (AvgIpc) is 2.24. The topological polar surface area (TPSA) is 46.2 Å². The Balaban J connectivity index is 0.000000223. The minimum atomic E-state index is -0.514. The van der Waals surface area contributed by atoms with Gasteiger partial charge in [0, 0.05) is 21.3 Å². The molecule has 0 saturated carbocycles. The Morgan fingerprint density at radius 1 is 0.769 bits per heavy atom. The Bertz CT molecular complexity index is 73.5. The summed E-state index contributed by atoms with van der Waals surface area (Å²) in [5, 5.41) is 0. The lowest BCUT2D eigenvalue weighted by atomic mass is 10.6. The Morgan fingerprint density at radius 2 is 1.08 bits per heavy atom. The van der Waals surface area contributed by atoms with E-state index in [2.05, 4.69) is 14.2 Å². The van der Waals surface area contributed by atoms with Gasteiger partial charge < -0.3 is 23.7 Å². The van der Waals surface area contributed by atoms with E-state index in [1.165, 1.54) is 21.3 Å². The Labute approximate surface area is 78.9 Å².